The highest BCUT2D eigenvalue weighted by Gasteiger charge is 2.04. The Hall–Kier alpha value is -1.64. The number of benzene rings is 1. The summed E-state index contributed by atoms with van der Waals surface area (Å²) in [7, 11) is 0. The molecule has 0 amide bonds. The summed E-state index contributed by atoms with van der Waals surface area (Å²) in [6, 6.07) is 7.23. The summed E-state index contributed by atoms with van der Waals surface area (Å²) in [5.74, 6) is 0.704. The van der Waals surface area contributed by atoms with Crippen molar-refractivity contribution in [3.63, 3.8) is 0 Å². The van der Waals surface area contributed by atoms with Crippen molar-refractivity contribution in [3.8, 4) is 0 Å². The molecule has 0 saturated heterocycles. The lowest BCUT2D eigenvalue weighted by Crippen LogP contribution is -2.38. The first-order chi connectivity index (χ1) is 11.2. The lowest BCUT2D eigenvalue weighted by molar-refractivity contribution is 0.510. The van der Waals surface area contributed by atoms with Gasteiger partial charge < -0.3 is 15.1 Å². The Morgan fingerprint density at radius 2 is 2.00 bits per heavy atom. The Morgan fingerprint density at radius 1 is 1.17 bits per heavy atom. The summed E-state index contributed by atoms with van der Waals surface area (Å²) in [5, 5.41) is 6.23. The van der Waals surface area contributed by atoms with Crippen molar-refractivity contribution in [2.45, 2.75) is 19.8 Å². The first-order valence-electron chi connectivity index (χ1n) is 7.67. The van der Waals surface area contributed by atoms with Gasteiger partial charge in [0.15, 0.2) is 5.96 Å². The first-order valence-corrected chi connectivity index (χ1v) is 7.67. The number of hydrogen-bond donors (Lipinski definition) is 2. The van der Waals surface area contributed by atoms with Crippen molar-refractivity contribution in [2.24, 2.45) is 4.99 Å². The van der Waals surface area contributed by atoms with E-state index in [0.29, 0.717) is 37.5 Å². The fourth-order valence-corrected chi connectivity index (χ4v) is 2.12. The Morgan fingerprint density at radius 3 is 2.71 bits per heavy atom. The molecule has 0 aliphatic rings. The van der Waals surface area contributed by atoms with E-state index in [9.17, 15) is 8.78 Å². The Kier molecular flexibility index (Phi) is 9.36. The van der Waals surface area contributed by atoms with Crippen LogP contribution in [0.3, 0.4) is 0 Å². The largest absolute Gasteiger partial charge is 0.469 e. The highest BCUT2D eigenvalue weighted by molar-refractivity contribution is 14.0. The van der Waals surface area contributed by atoms with E-state index in [0.717, 1.165) is 24.4 Å². The van der Waals surface area contributed by atoms with Crippen LogP contribution in [-0.4, -0.2) is 25.6 Å². The van der Waals surface area contributed by atoms with Crippen LogP contribution in [0.25, 0.3) is 0 Å². The molecule has 0 atom stereocenters. The molecule has 0 spiro atoms. The maximum atomic E-state index is 13.6. The zero-order chi connectivity index (χ0) is 16.5. The average Bonchev–Trinajstić information content (AvgIpc) is 3.04. The topological polar surface area (TPSA) is 49.6 Å². The van der Waals surface area contributed by atoms with E-state index in [2.05, 4.69) is 15.6 Å². The minimum atomic E-state index is -0.430. The van der Waals surface area contributed by atoms with Gasteiger partial charge in [0, 0.05) is 26.1 Å². The van der Waals surface area contributed by atoms with Gasteiger partial charge in [0.05, 0.1) is 6.26 Å². The van der Waals surface area contributed by atoms with Gasteiger partial charge in [-0.25, -0.2) is 8.78 Å². The zero-order valence-electron chi connectivity index (χ0n) is 13.5. The van der Waals surface area contributed by atoms with Crippen LogP contribution in [0.5, 0.6) is 0 Å². The summed E-state index contributed by atoms with van der Waals surface area (Å²) in [6.45, 7) is 3.74. The second-order valence-electron chi connectivity index (χ2n) is 5.00. The summed E-state index contributed by atoms with van der Waals surface area (Å²) < 4.78 is 31.9. The van der Waals surface area contributed by atoms with E-state index in [1.807, 2.05) is 19.1 Å². The number of hydrogen-bond acceptors (Lipinski definition) is 2. The summed E-state index contributed by atoms with van der Waals surface area (Å²) in [6.07, 6.45) is 2.73. The number of nitrogens with one attached hydrogen (secondary N) is 2. The molecule has 2 rings (SSSR count). The number of rotatable bonds is 7. The minimum absolute atomic E-state index is 0. The monoisotopic (exact) mass is 449 g/mol. The minimum Gasteiger partial charge on any atom is -0.469 e. The maximum Gasteiger partial charge on any atom is 0.191 e. The fourth-order valence-electron chi connectivity index (χ4n) is 2.12. The highest BCUT2D eigenvalue weighted by Crippen LogP contribution is 2.09. The van der Waals surface area contributed by atoms with Crippen molar-refractivity contribution in [1.82, 2.24) is 10.6 Å². The molecule has 0 bridgehead atoms. The number of furan rings is 1. The van der Waals surface area contributed by atoms with Crippen LogP contribution in [0, 0.1) is 11.6 Å². The van der Waals surface area contributed by atoms with E-state index in [1.54, 1.807) is 6.26 Å². The number of aliphatic imine (C=N–C) groups is 1. The van der Waals surface area contributed by atoms with E-state index in [-0.39, 0.29) is 24.0 Å². The van der Waals surface area contributed by atoms with Crippen LogP contribution in [0.2, 0.25) is 0 Å². The molecule has 7 heteroatoms. The number of nitrogens with zero attached hydrogens (tertiary/aromatic N) is 1. The molecule has 0 unspecified atom stereocenters. The van der Waals surface area contributed by atoms with Crippen molar-refractivity contribution in [1.29, 1.82) is 0 Å². The van der Waals surface area contributed by atoms with Gasteiger partial charge in [-0.3, -0.25) is 4.99 Å². The third kappa shape index (κ3) is 6.86. The lowest BCUT2D eigenvalue weighted by Gasteiger charge is -2.11. The molecule has 132 valence electrons. The molecule has 2 aromatic rings. The molecule has 24 heavy (non-hydrogen) atoms. The second-order valence-corrected chi connectivity index (χ2v) is 5.00. The van der Waals surface area contributed by atoms with Crippen LogP contribution in [0.15, 0.2) is 46.0 Å². The third-order valence-corrected chi connectivity index (χ3v) is 3.25. The molecule has 2 N–H and O–H groups in total. The number of halogens is 3. The van der Waals surface area contributed by atoms with E-state index < -0.39 is 11.6 Å². The van der Waals surface area contributed by atoms with Gasteiger partial charge in [-0.15, -0.1) is 24.0 Å². The van der Waals surface area contributed by atoms with Gasteiger partial charge in [0.25, 0.3) is 0 Å². The van der Waals surface area contributed by atoms with Gasteiger partial charge >= 0.3 is 0 Å². The smallest absolute Gasteiger partial charge is 0.191 e. The molecule has 1 aromatic carbocycles. The normalized spacial score (nSPS) is 11.0. The Bertz CT molecular complexity index is 633. The second kappa shape index (κ2) is 11.0. The van der Waals surface area contributed by atoms with Crippen LogP contribution in [0.4, 0.5) is 8.78 Å². The molecular weight excluding hydrogens is 427 g/mol. The van der Waals surface area contributed by atoms with Crippen LogP contribution < -0.4 is 10.6 Å². The Labute approximate surface area is 157 Å². The van der Waals surface area contributed by atoms with Gasteiger partial charge in [-0.2, -0.15) is 0 Å². The van der Waals surface area contributed by atoms with E-state index in [4.69, 9.17) is 4.42 Å². The highest BCUT2D eigenvalue weighted by atomic mass is 127. The molecule has 0 aliphatic heterocycles. The summed E-state index contributed by atoms with van der Waals surface area (Å²) in [4.78, 5) is 4.43. The van der Waals surface area contributed by atoms with E-state index >= 15 is 0 Å². The van der Waals surface area contributed by atoms with Gasteiger partial charge in [-0.05, 0) is 49.2 Å². The summed E-state index contributed by atoms with van der Waals surface area (Å²) >= 11 is 0. The molecular formula is C17H22F2IN3O. The van der Waals surface area contributed by atoms with Crippen molar-refractivity contribution in [2.75, 3.05) is 19.6 Å². The summed E-state index contributed by atoms with van der Waals surface area (Å²) in [5.41, 5.74) is 0.351. The number of guanidine groups is 1. The van der Waals surface area contributed by atoms with E-state index in [1.165, 1.54) is 6.07 Å². The lowest BCUT2D eigenvalue weighted by atomic mass is 10.1. The average molecular weight is 449 g/mol. The quantitative estimate of drug-likeness (QED) is 0.387. The molecule has 0 saturated carbocycles. The zero-order valence-corrected chi connectivity index (χ0v) is 15.8. The molecule has 1 aromatic heterocycles. The third-order valence-electron chi connectivity index (χ3n) is 3.25. The van der Waals surface area contributed by atoms with Crippen LogP contribution in [-0.2, 0) is 12.8 Å². The van der Waals surface area contributed by atoms with Crippen LogP contribution >= 0.6 is 24.0 Å². The van der Waals surface area contributed by atoms with Gasteiger partial charge in [0.2, 0.25) is 0 Å². The SMILES string of the molecule is CCNC(=NCCc1ccco1)NCCc1cc(F)ccc1F.I. The van der Waals surface area contributed by atoms with Crippen molar-refractivity contribution in [3.05, 3.63) is 59.6 Å². The van der Waals surface area contributed by atoms with Crippen molar-refractivity contribution >= 4 is 29.9 Å². The van der Waals surface area contributed by atoms with Gasteiger partial charge in [0.1, 0.15) is 17.4 Å². The van der Waals surface area contributed by atoms with Crippen molar-refractivity contribution < 1.29 is 13.2 Å². The molecule has 0 aliphatic carbocycles. The molecule has 1 heterocycles. The standard InChI is InChI=1S/C17H21F2N3O.HI/c1-2-20-17(22-10-8-15-4-3-11-23-15)21-9-7-13-12-14(18)5-6-16(13)19;/h3-6,11-12H,2,7-10H2,1H3,(H2,20,21,22);1H. The van der Waals surface area contributed by atoms with Crippen LogP contribution in [0.1, 0.15) is 18.2 Å². The fraction of sp³-hybridized carbons (Fsp3) is 0.353. The maximum absolute atomic E-state index is 13.6. The molecule has 0 radical (unpaired) electrons. The van der Waals surface area contributed by atoms with Gasteiger partial charge in [-0.1, -0.05) is 0 Å². The Balaban J connectivity index is 0.00000288. The first kappa shape index (κ1) is 20.4. The molecule has 0 fully saturated rings. The predicted octanol–water partition coefficient (Wildman–Crippen LogP) is 3.52. The molecule has 4 nitrogen and oxygen atoms in total. The predicted molar refractivity (Wildman–Crippen MR) is 102 cm³/mol.